The van der Waals surface area contributed by atoms with Crippen molar-refractivity contribution in [3.05, 3.63) is 46.2 Å². The number of para-hydroxylation sites is 1. The fourth-order valence-electron chi connectivity index (χ4n) is 1.62. The zero-order chi connectivity index (χ0) is 13.8. The van der Waals surface area contributed by atoms with Crippen LogP contribution in [-0.4, -0.2) is 15.7 Å². The van der Waals surface area contributed by atoms with Crippen molar-refractivity contribution in [1.29, 1.82) is 0 Å². The SMILES string of the molecule is Cc1cnn(CCC(=O)Nc2c(Cl)cccc2Cl)c1. The molecule has 0 saturated heterocycles. The average Bonchev–Trinajstić information content (AvgIpc) is 2.77. The average molecular weight is 298 g/mol. The molecule has 100 valence electrons. The Morgan fingerprint density at radius 2 is 2.05 bits per heavy atom. The molecule has 0 aliphatic rings. The number of benzene rings is 1. The fraction of sp³-hybridized carbons (Fsp3) is 0.231. The number of nitrogens with one attached hydrogen (secondary N) is 1. The molecule has 0 fully saturated rings. The highest BCUT2D eigenvalue weighted by molar-refractivity contribution is 6.39. The summed E-state index contributed by atoms with van der Waals surface area (Å²) in [6.45, 7) is 2.47. The molecule has 0 atom stereocenters. The van der Waals surface area contributed by atoms with Crippen molar-refractivity contribution in [3.8, 4) is 0 Å². The van der Waals surface area contributed by atoms with Crippen molar-refractivity contribution >= 4 is 34.8 Å². The summed E-state index contributed by atoms with van der Waals surface area (Å²) in [5.41, 5.74) is 1.52. The van der Waals surface area contributed by atoms with E-state index in [0.29, 0.717) is 28.7 Å². The van der Waals surface area contributed by atoms with Gasteiger partial charge in [0.05, 0.1) is 21.9 Å². The van der Waals surface area contributed by atoms with Gasteiger partial charge in [0, 0.05) is 19.2 Å². The number of carbonyl (C=O) groups excluding carboxylic acids is 1. The molecule has 0 bridgehead atoms. The predicted octanol–water partition coefficient (Wildman–Crippen LogP) is 3.53. The molecule has 4 nitrogen and oxygen atoms in total. The number of carbonyl (C=O) groups is 1. The van der Waals surface area contributed by atoms with E-state index in [-0.39, 0.29) is 5.91 Å². The highest BCUT2D eigenvalue weighted by atomic mass is 35.5. The number of aromatic nitrogens is 2. The lowest BCUT2D eigenvalue weighted by molar-refractivity contribution is -0.116. The van der Waals surface area contributed by atoms with Gasteiger partial charge in [-0.15, -0.1) is 0 Å². The second-order valence-corrected chi connectivity index (χ2v) is 4.99. The summed E-state index contributed by atoms with van der Waals surface area (Å²) >= 11 is 12.0. The van der Waals surface area contributed by atoms with Crippen LogP contribution in [0.1, 0.15) is 12.0 Å². The summed E-state index contributed by atoms with van der Waals surface area (Å²) in [5.74, 6) is -0.150. The number of hydrogen-bond acceptors (Lipinski definition) is 2. The summed E-state index contributed by atoms with van der Waals surface area (Å²) < 4.78 is 1.73. The van der Waals surface area contributed by atoms with E-state index in [9.17, 15) is 4.79 Å². The molecule has 1 N–H and O–H groups in total. The van der Waals surface area contributed by atoms with E-state index in [0.717, 1.165) is 5.56 Å². The number of halogens is 2. The van der Waals surface area contributed by atoms with Crippen LogP contribution in [0.5, 0.6) is 0 Å². The molecular formula is C13H13Cl2N3O. The minimum Gasteiger partial charge on any atom is -0.323 e. The molecule has 0 spiro atoms. The lowest BCUT2D eigenvalue weighted by Crippen LogP contribution is -2.15. The monoisotopic (exact) mass is 297 g/mol. The van der Waals surface area contributed by atoms with Gasteiger partial charge < -0.3 is 5.32 Å². The van der Waals surface area contributed by atoms with E-state index in [2.05, 4.69) is 10.4 Å². The Morgan fingerprint density at radius 3 is 2.63 bits per heavy atom. The summed E-state index contributed by atoms with van der Waals surface area (Å²) in [4.78, 5) is 11.8. The Kier molecular flexibility index (Phi) is 4.45. The van der Waals surface area contributed by atoms with Crippen LogP contribution in [0.2, 0.25) is 10.0 Å². The maximum atomic E-state index is 11.8. The van der Waals surface area contributed by atoms with E-state index < -0.39 is 0 Å². The summed E-state index contributed by atoms with van der Waals surface area (Å²) in [6, 6.07) is 5.09. The van der Waals surface area contributed by atoms with Crippen LogP contribution in [-0.2, 0) is 11.3 Å². The highest BCUT2D eigenvalue weighted by Crippen LogP contribution is 2.29. The lowest BCUT2D eigenvalue weighted by atomic mass is 10.3. The van der Waals surface area contributed by atoms with Crippen molar-refractivity contribution in [2.45, 2.75) is 19.9 Å². The maximum Gasteiger partial charge on any atom is 0.226 e. The van der Waals surface area contributed by atoms with Gasteiger partial charge in [0.1, 0.15) is 0 Å². The van der Waals surface area contributed by atoms with E-state index in [1.165, 1.54) is 0 Å². The van der Waals surface area contributed by atoms with Gasteiger partial charge in [-0.3, -0.25) is 9.48 Å². The smallest absolute Gasteiger partial charge is 0.226 e. The van der Waals surface area contributed by atoms with E-state index in [4.69, 9.17) is 23.2 Å². The first-order valence-corrected chi connectivity index (χ1v) is 6.55. The van der Waals surface area contributed by atoms with Gasteiger partial charge in [-0.05, 0) is 24.6 Å². The van der Waals surface area contributed by atoms with Crippen LogP contribution in [0.4, 0.5) is 5.69 Å². The number of rotatable bonds is 4. The summed E-state index contributed by atoms with van der Waals surface area (Å²) in [5, 5.41) is 7.68. The normalized spacial score (nSPS) is 10.5. The number of nitrogens with zero attached hydrogens (tertiary/aromatic N) is 2. The van der Waals surface area contributed by atoms with Crippen LogP contribution in [0.3, 0.4) is 0 Å². The standard InChI is InChI=1S/C13H13Cl2N3O/c1-9-7-16-18(8-9)6-5-12(19)17-13-10(14)3-2-4-11(13)15/h2-4,7-8H,5-6H2,1H3,(H,17,19). The van der Waals surface area contributed by atoms with Gasteiger partial charge in [0.15, 0.2) is 0 Å². The lowest BCUT2D eigenvalue weighted by Gasteiger charge is -2.09. The van der Waals surface area contributed by atoms with E-state index >= 15 is 0 Å². The minimum atomic E-state index is -0.150. The summed E-state index contributed by atoms with van der Waals surface area (Å²) in [6.07, 6.45) is 3.95. The molecule has 0 aliphatic heterocycles. The number of amides is 1. The van der Waals surface area contributed by atoms with Crippen molar-refractivity contribution in [2.24, 2.45) is 0 Å². The first kappa shape index (κ1) is 13.9. The third-order valence-corrected chi connectivity index (χ3v) is 3.19. The molecule has 1 aromatic heterocycles. The van der Waals surface area contributed by atoms with Gasteiger partial charge >= 0.3 is 0 Å². The third kappa shape index (κ3) is 3.72. The van der Waals surface area contributed by atoms with Gasteiger partial charge in [-0.1, -0.05) is 29.3 Å². The van der Waals surface area contributed by atoms with E-state index in [1.54, 1.807) is 29.1 Å². The molecule has 19 heavy (non-hydrogen) atoms. The zero-order valence-electron chi connectivity index (χ0n) is 10.4. The number of aryl methyl sites for hydroxylation is 2. The molecule has 1 amide bonds. The van der Waals surface area contributed by atoms with Crippen LogP contribution in [0.25, 0.3) is 0 Å². The highest BCUT2D eigenvalue weighted by Gasteiger charge is 2.09. The Morgan fingerprint density at radius 1 is 1.37 bits per heavy atom. The largest absolute Gasteiger partial charge is 0.323 e. The summed E-state index contributed by atoms with van der Waals surface area (Å²) in [7, 11) is 0. The first-order valence-electron chi connectivity index (χ1n) is 5.79. The second-order valence-electron chi connectivity index (χ2n) is 4.18. The molecule has 2 aromatic rings. The van der Waals surface area contributed by atoms with Gasteiger partial charge in [-0.25, -0.2) is 0 Å². The predicted molar refractivity (Wildman–Crippen MR) is 76.7 cm³/mol. The topological polar surface area (TPSA) is 46.9 Å². The fourth-order valence-corrected chi connectivity index (χ4v) is 2.12. The first-order chi connectivity index (χ1) is 9.06. The van der Waals surface area contributed by atoms with Crippen LogP contribution < -0.4 is 5.32 Å². The zero-order valence-corrected chi connectivity index (χ0v) is 11.9. The Balaban J connectivity index is 1.94. The van der Waals surface area contributed by atoms with Crippen LogP contribution in [0.15, 0.2) is 30.6 Å². The van der Waals surface area contributed by atoms with Crippen molar-refractivity contribution in [2.75, 3.05) is 5.32 Å². The quantitative estimate of drug-likeness (QED) is 0.938. The molecule has 0 aliphatic carbocycles. The van der Waals surface area contributed by atoms with Gasteiger partial charge in [0.2, 0.25) is 5.91 Å². The molecular weight excluding hydrogens is 285 g/mol. The Bertz CT molecular complexity index is 575. The molecule has 1 aromatic carbocycles. The number of hydrogen-bond donors (Lipinski definition) is 1. The molecule has 6 heteroatoms. The van der Waals surface area contributed by atoms with Crippen molar-refractivity contribution in [1.82, 2.24) is 9.78 Å². The van der Waals surface area contributed by atoms with Crippen LogP contribution in [0, 0.1) is 6.92 Å². The van der Waals surface area contributed by atoms with Gasteiger partial charge in [0.25, 0.3) is 0 Å². The molecule has 1 heterocycles. The Hall–Kier alpha value is -1.52. The molecule has 0 radical (unpaired) electrons. The van der Waals surface area contributed by atoms with Crippen molar-refractivity contribution < 1.29 is 4.79 Å². The molecule has 0 unspecified atom stereocenters. The third-order valence-electron chi connectivity index (χ3n) is 2.56. The van der Waals surface area contributed by atoms with Crippen LogP contribution >= 0.6 is 23.2 Å². The molecule has 0 saturated carbocycles. The second kappa shape index (κ2) is 6.08. The number of anilines is 1. The Labute approximate surface area is 121 Å². The van der Waals surface area contributed by atoms with E-state index in [1.807, 2.05) is 13.1 Å². The van der Waals surface area contributed by atoms with Crippen molar-refractivity contribution in [3.63, 3.8) is 0 Å². The maximum absolute atomic E-state index is 11.8. The van der Waals surface area contributed by atoms with Gasteiger partial charge in [-0.2, -0.15) is 5.10 Å². The molecule has 2 rings (SSSR count). The minimum absolute atomic E-state index is 0.150.